The minimum Gasteiger partial charge on any atom is -0.474 e. The van der Waals surface area contributed by atoms with Gasteiger partial charge in [0.15, 0.2) is 0 Å². The SMILES string of the molecule is COCCC1CSC(=S)O1. The Morgan fingerprint density at radius 2 is 2.70 bits per heavy atom. The van der Waals surface area contributed by atoms with Gasteiger partial charge in [0.05, 0.1) is 0 Å². The summed E-state index contributed by atoms with van der Waals surface area (Å²) in [7, 11) is 1.69. The van der Waals surface area contributed by atoms with E-state index in [9.17, 15) is 0 Å². The Kier molecular flexibility index (Phi) is 3.45. The first kappa shape index (κ1) is 8.30. The van der Waals surface area contributed by atoms with Gasteiger partial charge in [-0.1, -0.05) is 11.8 Å². The highest BCUT2D eigenvalue weighted by Crippen LogP contribution is 2.21. The predicted molar refractivity (Wildman–Crippen MR) is 46.4 cm³/mol. The number of hydrogen-bond acceptors (Lipinski definition) is 4. The molecule has 0 radical (unpaired) electrons. The zero-order valence-corrected chi connectivity index (χ0v) is 7.46. The van der Waals surface area contributed by atoms with Gasteiger partial charge >= 0.3 is 0 Å². The van der Waals surface area contributed by atoms with Gasteiger partial charge in [0.1, 0.15) is 6.10 Å². The molecule has 1 aliphatic rings. The van der Waals surface area contributed by atoms with Crippen molar-refractivity contribution in [3.8, 4) is 0 Å². The maximum absolute atomic E-state index is 5.28. The minimum absolute atomic E-state index is 0.289. The van der Waals surface area contributed by atoms with Crippen molar-refractivity contribution in [3.63, 3.8) is 0 Å². The molecular formula is C6H10O2S2. The van der Waals surface area contributed by atoms with E-state index in [4.69, 9.17) is 21.7 Å². The molecule has 0 bridgehead atoms. The molecule has 0 aromatic rings. The molecule has 1 atom stereocenters. The topological polar surface area (TPSA) is 18.5 Å². The van der Waals surface area contributed by atoms with Crippen LogP contribution >= 0.6 is 24.0 Å². The molecule has 0 saturated carbocycles. The van der Waals surface area contributed by atoms with Gasteiger partial charge in [0, 0.05) is 25.9 Å². The maximum atomic E-state index is 5.28. The molecule has 1 heterocycles. The fourth-order valence-electron chi connectivity index (χ4n) is 0.757. The Morgan fingerprint density at radius 3 is 3.20 bits per heavy atom. The van der Waals surface area contributed by atoms with Crippen LogP contribution in [-0.4, -0.2) is 30.0 Å². The van der Waals surface area contributed by atoms with Crippen molar-refractivity contribution in [2.45, 2.75) is 12.5 Å². The molecule has 4 heteroatoms. The molecule has 0 amide bonds. The van der Waals surface area contributed by atoms with Gasteiger partial charge in [-0.2, -0.15) is 0 Å². The van der Waals surface area contributed by atoms with Crippen molar-refractivity contribution in [2.24, 2.45) is 0 Å². The zero-order chi connectivity index (χ0) is 7.40. The number of methoxy groups -OCH3 is 1. The summed E-state index contributed by atoms with van der Waals surface area (Å²) >= 11 is 6.46. The van der Waals surface area contributed by atoms with E-state index in [2.05, 4.69) is 0 Å². The van der Waals surface area contributed by atoms with Gasteiger partial charge in [-0.15, -0.1) is 0 Å². The quantitative estimate of drug-likeness (QED) is 0.608. The van der Waals surface area contributed by atoms with Crippen LogP contribution in [0.25, 0.3) is 0 Å². The van der Waals surface area contributed by atoms with Gasteiger partial charge in [-0.25, -0.2) is 0 Å². The van der Waals surface area contributed by atoms with Crippen molar-refractivity contribution in [1.82, 2.24) is 0 Å². The van der Waals surface area contributed by atoms with Gasteiger partial charge < -0.3 is 9.47 Å². The second kappa shape index (κ2) is 4.16. The molecule has 0 aromatic heterocycles. The van der Waals surface area contributed by atoms with E-state index >= 15 is 0 Å². The lowest BCUT2D eigenvalue weighted by atomic mass is 10.3. The predicted octanol–water partition coefficient (Wildman–Crippen LogP) is 1.44. The van der Waals surface area contributed by atoms with E-state index in [0.717, 1.165) is 18.8 Å². The molecule has 0 spiro atoms. The number of ether oxygens (including phenoxy) is 2. The molecule has 1 saturated heterocycles. The van der Waals surface area contributed by atoms with Gasteiger partial charge in [-0.3, -0.25) is 0 Å². The molecule has 58 valence electrons. The third kappa shape index (κ3) is 2.44. The second-order valence-electron chi connectivity index (χ2n) is 2.08. The average Bonchev–Trinajstić information content (AvgIpc) is 2.31. The lowest BCUT2D eigenvalue weighted by Crippen LogP contribution is -2.11. The monoisotopic (exact) mass is 178 g/mol. The van der Waals surface area contributed by atoms with E-state index in [1.807, 2.05) is 0 Å². The molecule has 1 fully saturated rings. The molecule has 0 aliphatic carbocycles. The van der Waals surface area contributed by atoms with E-state index < -0.39 is 0 Å². The Morgan fingerprint density at radius 1 is 1.90 bits per heavy atom. The van der Waals surface area contributed by atoms with Crippen LogP contribution in [0.2, 0.25) is 0 Å². The molecule has 10 heavy (non-hydrogen) atoms. The molecule has 0 N–H and O–H groups in total. The Balaban J connectivity index is 2.12. The van der Waals surface area contributed by atoms with Crippen molar-refractivity contribution in [3.05, 3.63) is 0 Å². The second-order valence-corrected chi connectivity index (χ2v) is 3.70. The van der Waals surface area contributed by atoms with Crippen LogP contribution in [-0.2, 0) is 9.47 Å². The summed E-state index contributed by atoms with van der Waals surface area (Å²) in [5.74, 6) is 0.988. The first-order chi connectivity index (χ1) is 4.83. The Labute approximate surface area is 70.3 Å². The third-order valence-electron chi connectivity index (χ3n) is 1.29. The highest BCUT2D eigenvalue weighted by atomic mass is 32.2. The lowest BCUT2D eigenvalue weighted by molar-refractivity contribution is 0.140. The number of rotatable bonds is 3. The Bertz CT molecular complexity index is 127. The third-order valence-corrected chi connectivity index (χ3v) is 2.61. The van der Waals surface area contributed by atoms with Crippen molar-refractivity contribution >= 4 is 28.4 Å². The summed E-state index contributed by atoms with van der Waals surface area (Å²) in [6.45, 7) is 0.758. The zero-order valence-electron chi connectivity index (χ0n) is 5.83. The average molecular weight is 178 g/mol. The minimum atomic E-state index is 0.289. The van der Waals surface area contributed by atoms with Gasteiger partial charge in [0.2, 0.25) is 4.38 Å². The maximum Gasteiger partial charge on any atom is 0.220 e. The summed E-state index contributed by atoms with van der Waals surface area (Å²) in [4.78, 5) is 0. The fraction of sp³-hybridized carbons (Fsp3) is 0.833. The van der Waals surface area contributed by atoms with Crippen LogP contribution in [0.15, 0.2) is 0 Å². The summed E-state index contributed by atoms with van der Waals surface area (Å²) in [5.41, 5.74) is 0. The van der Waals surface area contributed by atoms with Crippen molar-refractivity contribution < 1.29 is 9.47 Å². The molecule has 1 rings (SSSR count). The highest BCUT2D eigenvalue weighted by molar-refractivity contribution is 8.22. The molecule has 2 nitrogen and oxygen atoms in total. The van der Waals surface area contributed by atoms with Gasteiger partial charge in [0.25, 0.3) is 0 Å². The normalized spacial score (nSPS) is 24.9. The van der Waals surface area contributed by atoms with E-state index in [-0.39, 0.29) is 6.10 Å². The number of hydrogen-bond donors (Lipinski definition) is 0. The smallest absolute Gasteiger partial charge is 0.220 e. The summed E-state index contributed by atoms with van der Waals surface area (Å²) < 4.78 is 10.9. The number of thiocarbonyl (C=S) groups is 1. The van der Waals surface area contributed by atoms with Crippen LogP contribution in [0.3, 0.4) is 0 Å². The van der Waals surface area contributed by atoms with Crippen LogP contribution < -0.4 is 0 Å². The van der Waals surface area contributed by atoms with Crippen molar-refractivity contribution in [2.75, 3.05) is 19.5 Å². The van der Waals surface area contributed by atoms with Crippen molar-refractivity contribution in [1.29, 1.82) is 0 Å². The summed E-state index contributed by atoms with van der Waals surface area (Å²) in [6, 6.07) is 0. The molecule has 0 aromatic carbocycles. The van der Waals surface area contributed by atoms with Crippen LogP contribution in [0.1, 0.15) is 6.42 Å². The van der Waals surface area contributed by atoms with Crippen LogP contribution in [0.5, 0.6) is 0 Å². The van der Waals surface area contributed by atoms with Crippen LogP contribution in [0.4, 0.5) is 0 Å². The highest BCUT2D eigenvalue weighted by Gasteiger charge is 2.20. The summed E-state index contributed by atoms with van der Waals surface area (Å²) in [5, 5.41) is 0. The van der Waals surface area contributed by atoms with Crippen LogP contribution in [0, 0.1) is 0 Å². The molecule has 1 unspecified atom stereocenters. The lowest BCUT2D eigenvalue weighted by Gasteiger charge is -2.06. The molecule has 1 aliphatic heterocycles. The van der Waals surface area contributed by atoms with E-state index in [1.54, 1.807) is 18.9 Å². The largest absolute Gasteiger partial charge is 0.474 e. The molecular weight excluding hydrogens is 168 g/mol. The van der Waals surface area contributed by atoms with E-state index in [0.29, 0.717) is 4.38 Å². The first-order valence-electron chi connectivity index (χ1n) is 3.15. The standard InChI is InChI=1S/C6H10O2S2/c1-7-3-2-5-4-10-6(9)8-5/h5H,2-4H2,1H3. The first-order valence-corrected chi connectivity index (χ1v) is 4.54. The number of thioether (sulfide) groups is 1. The van der Waals surface area contributed by atoms with Gasteiger partial charge in [-0.05, 0) is 12.2 Å². The fourth-order valence-corrected chi connectivity index (χ4v) is 1.86. The Hall–Kier alpha value is 0.200. The van der Waals surface area contributed by atoms with E-state index in [1.165, 1.54) is 0 Å². The summed E-state index contributed by atoms with van der Waals surface area (Å²) in [6.07, 6.45) is 1.24.